The van der Waals surface area contributed by atoms with Crippen LogP contribution in [0, 0.1) is 0 Å². The minimum Gasteiger partial charge on any atom is -0.387 e. The lowest BCUT2D eigenvalue weighted by atomic mass is 10.1. The third-order valence-corrected chi connectivity index (χ3v) is 5.21. The van der Waals surface area contributed by atoms with Crippen molar-refractivity contribution >= 4 is 30.4 Å². The summed E-state index contributed by atoms with van der Waals surface area (Å²) in [5, 5.41) is 27.7. The number of amides is 1. The van der Waals surface area contributed by atoms with Gasteiger partial charge in [-0.15, -0.1) is 0 Å². The van der Waals surface area contributed by atoms with E-state index in [0.717, 1.165) is 6.08 Å². The summed E-state index contributed by atoms with van der Waals surface area (Å²) in [4.78, 5) is 38.6. The first kappa shape index (κ1) is 21.2. The van der Waals surface area contributed by atoms with Crippen molar-refractivity contribution in [2.45, 2.75) is 24.5 Å². The van der Waals surface area contributed by atoms with Gasteiger partial charge in [0.2, 0.25) is 0 Å². The van der Waals surface area contributed by atoms with Crippen molar-refractivity contribution in [3.63, 3.8) is 0 Å². The Balaban J connectivity index is 1.61. The largest absolute Gasteiger partial charge is 0.387 e. The summed E-state index contributed by atoms with van der Waals surface area (Å²) in [5.74, 6) is 0.399. The topological polar surface area (TPSA) is 180 Å². The molecule has 4 atom stereocenters. The fourth-order valence-corrected chi connectivity index (χ4v) is 3.55. The number of carbonyl (C=O) groups excluding carboxylic acids is 1. The molecule has 0 saturated carbocycles. The van der Waals surface area contributed by atoms with Crippen molar-refractivity contribution in [1.82, 2.24) is 19.7 Å². The number of fused-ring (bicyclic) bond motifs is 1. The zero-order valence-corrected chi connectivity index (χ0v) is 16.6. The van der Waals surface area contributed by atoms with E-state index in [2.05, 4.69) is 20.4 Å². The quantitative estimate of drug-likeness (QED) is 0.343. The number of hydrogen-bond acceptors (Lipinski definition) is 8. The molecule has 3 heterocycles. The highest BCUT2D eigenvalue weighted by molar-refractivity contribution is 7.55. The molecule has 3 aromatic rings. The molecule has 1 aliphatic heterocycles. The van der Waals surface area contributed by atoms with E-state index < -0.39 is 32.1 Å². The number of hydrogen-bond donors (Lipinski definition) is 5. The van der Waals surface area contributed by atoms with E-state index in [9.17, 15) is 19.6 Å². The number of nitrogens with zero attached hydrogens (tertiary/aromatic N) is 4. The molecule has 1 saturated heterocycles. The average Bonchev–Trinajstić information content (AvgIpc) is 3.29. The van der Waals surface area contributed by atoms with Gasteiger partial charge in [0.25, 0.3) is 5.91 Å². The molecule has 1 fully saturated rings. The smallest absolute Gasteiger partial charge is 0.348 e. The van der Waals surface area contributed by atoms with Crippen LogP contribution in [0.4, 0.5) is 5.82 Å². The van der Waals surface area contributed by atoms with Gasteiger partial charge in [0, 0.05) is 11.4 Å². The number of anilines is 1. The summed E-state index contributed by atoms with van der Waals surface area (Å²) in [6.45, 7) is 0. The molecule has 12 nitrogen and oxygen atoms in total. The van der Waals surface area contributed by atoms with E-state index in [-0.39, 0.29) is 17.4 Å². The minimum absolute atomic E-state index is 0.191. The first-order chi connectivity index (χ1) is 14.7. The summed E-state index contributed by atoms with van der Waals surface area (Å²) >= 11 is 0. The molecule has 1 amide bonds. The zero-order chi connectivity index (χ0) is 22.2. The molecule has 0 spiro atoms. The number of nitrogens with one attached hydrogen (secondary N) is 1. The molecule has 13 heteroatoms. The van der Waals surface area contributed by atoms with Crippen molar-refractivity contribution in [2.75, 3.05) is 5.32 Å². The summed E-state index contributed by atoms with van der Waals surface area (Å²) in [6.07, 6.45) is -1.71. The van der Waals surface area contributed by atoms with Crippen LogP contribution in [-0.2, 0) is 9.30 Å². The highest BCUT2D eigenvalue weighted by Gasteiger charge is 2.44. The minimum atomic E-state index is -4.47. The zero-order valence-electron chi connectivity index (χ0n) is 15.8. The van der Waals surface area contributed by atoms with Gasteiger partial charge in [-0.1, -0.05) is 18.2 Å². The Bertz CT molecular complexity index is 1180. The average molecular weight is 447 g/mol. The Hall–Kier alpha value is -2.99. The molecule has 4 rings (SSSR count). The number of aromatic nitrogens is 4. The molecule has 162 valence electrons. The van der Waals surface area contributed by atoms with E-state index in [4.69, 9.17) is 14.5 Å². The molecule has 0 aliphatic carbocycles. The van der Waals surface area contributed by atoms with Crippen LogP contribution in [0.15, 0.2) is 54.7 Å². The van der Waals surface area contributed by atoms with E-state index in [0.29, 0.717) is 16.8 Å². The molecule has 0 bridgehead atoms. The number of rotatable bonds is 5. The van der Waals surface area contributed by atoms with Crippen LogP contribution in [0.25, 0.3) is 11.0 Å². The predicted octanol–water partition coefficient (Wildman–Crippen LogP) is 0.389. The van der Waals surface area contributed by atoms with Gasteiger partial charge in [-0.3, -0.25) is 9.36 Å². The number of aliphatic hydroxyl groups is 2. The summed E-state index contributed by atoms with van der Waals surface area (Å²) < 4.78 is 17.8. The maximum absolute atomic E-state index is 12.4. The lowest BCUT2D eigenvalue weighted by Crippen LogP contribution is -2.31. The normalized spacial score (nSPS) is 24.1. The van der Waals surface area contributed by atoms with Crippen molar-refractivity contribution in [3.8, 4) is 0 Å². The summed E-state index contributed by atoms with van der Waals surface area (Å²) in [7, 11) is -4.47. The van der Waals surface area contributed by atoms with Crippen LogP contribution in [-0.4, -0.2) is 64.0 Å². The van der Waals surface area contributed by atoms with E-state index in [1.807, 2.05) is 0 Å². The number of ether oxygens (including phenoxy) is 1. The van der Waals surface area contributed by atoms with E-state index in [1.54, 1.807) is 30.3 Å². The van der Waals surface area contributed by atoms with Crippen molar-refractivity contribution in [3.05, 3.63) is 60.3 Å². The predicted molar refractivity (Wildman–Crippen MR) is 107 cm³/mol. The summed E-state index contributed by atoms with van der Waals surface area (Å²) in [5.41, 5.74) is 0.647. The van der Waals surface area contributed by atoms with Crippen molar-refractivity contribution in [1.29, 1.82) is 0 Å². The Morgan fingerprint density at radius 2 is 1.90 bits per heavy atom. The Kier molecular flexibility index (Phi) is 5.67. The highest BCUT2D eigenvalue weighted by atomic mass is 31.2. The van der Waals surface area contributed by atoms with Crippen LogP contribution in [0.1, 0.15) is 16.6 Å². The standard InChI is InChI=1S/C18H18N5O7P/c24-13-12(6-7-31(27,28)29)30-18(14(13)25)23-16-11(8-21-23)15(19-9-20-16)22-17(26)10-4-2-1-3-5-10/h1-9,12-14,18,24-25H,(H2,27,28,29)(H,19,20,22,26)/b7-6+/t12-,13+,14-,18-/m1/s1. The van der Waals surface area contributed by atoms with E-state index >= 15 is 0 Å². The first-order valence-electron chi connectivity index (χ1n) is 9.05. The summed E-state index contributed by atoms with van der Waals surface area (Å²) in [6, 6.07) is 8.53. The SMILES string of the molecule is O=C(Nc1ncnc2c1cnn2[C@@H]1O[C@H](/C=C/P(=O)(O)O)[C@H](O)[C@H]1O)c1ccccc1. The van der Waals surface area contributed by atoms with Gasteiger partial charge >= 0.3 is 7.60 Å². The fraction of sp³-hybridized carbons (Fsp3) is 0.222. The van der Waals surface area contributed by atoms with Crippen molar-refractivity contribution in [2.24, 2.45) is 0 Å². The first-order valence-corrected chi connectivity index (χ1v) is 10.7. The maximum Gasteiger partial charge on any atom is 0.348 e. The number of aliphatic hydroxyl groups excluding tert-OH is 2. The molecular formula is C18H18N5O7P. The van der Waals surface area contributed by atoms with Gasteiger partial charge in [-0.2, -0.15) is 5.10 Å². The lowest BCUT2D eigenvalue weighted by Gasteiger charge is -2.15. The van der Waals surface area contributed by atoms with Crippen LogP contribution in [0.3, 0.4) is 0 Å². The molecule has 1 aliphatic rings. The Morgan fingerprint density at radius 1 is 1.16 bits per heavy atom. The molecule has 0 unspecified atom stereocenters. The van der Waals surface area contributed by atoms with Gasteiger partial charge in [0.15, 0.2) is 11.9 Å². The second-order valence-corrected chi connectivity index (χ2v) is 8.25. The third-order valence-electron chi connectivity index (χ3n) is 4.65. The molecular weight excluding hydrogens is 429 g/mol. The van der Waals surface area contributed by atoms with Crippen molar-refractivity contribution < 1.29 is 34.1 Å². The van der Waals surface area contributed by atoms with Gasteiger partial charge in [-0.05, 0) is 18.2 Å². The molecule has 5 N–H and O–H groups in total. The molecule has 1 aromatic carbocycles. The van der Waals surface area contributed by atoms with E-state index in [1.165, 1.54) is 17.2 Å². The maximum atomic E-state index is 12.4. The third kappa shape index (κ3) is 4.39. The fourth-order valence-electron chi connectivity index (χ4n) is 3.16. The second-order valence-electron chi connectivity index (χ2n) is 6.77. The molecule has 2 aromatic heterocycles. The molecule has 31 heavy (non-hydrogen) atoms. The second kappa shape index (κ2) is 8.27. The highest BCUT2D eigenvalue weighted by Crippen LogP contribution is 2.38. The van der Waals surface area contributed by atoms with Gasteiger partial charge in [-0.25, -0.2) is 14.6 Å². The monoisotopic (exact) mass is 447 g/mol. The Labute approximate surface area is 175 Å². The lowest BCUT2D eigenvalue weighted by molar-refractivity contribution is -0.0318. The van der Waals surface area contributed by atoms with Gasteiger partial charge in [0.05, 0.1) is 11.6 Å². The number of carbonyl (C=O) groups is 1. The molecule has 0 radical (unpaired) electrons. The van der Waals surface area contributed by atoms with Gasteiger partial charge < -0.3 is 30.1 Å². The van der Waals surface area contributed by atoms with Crippen LogP contribution < -0.4 is 5.32 Å². The Morgan fingerprint density at radius 3 is 2.61 bits per heavy atom. The number of benzene rings is 1. The van der Waals surface area contributed by atoms with Gasteiger partial charge in [0.1, 0.15) is 30.5 Å². The van der Waals surface area contributed by atoms with Crippen LogP contribution >= 0.6 is 7.60 Å². The van der Waals surface area contributed by atoms with Crippen LogP contribution in [0.5, 0.6) is 0 Å². The van der Waals surface area contributed by atoms with Crippen LogP contribution in [0.2, 0.25) is 0 Å².